The molecule has 0 unspecified atom stereocenters. The van der Waals surface area contributed by atoms with Crippen molar-refractivity contribution in [1.82, 2.24) is 10.2 Å². The smallest absolute Gasteiger partial charge is 0.146 e. The third-order valence-corrected chi connectivity index (χ3v) is 3.44. The van der Waals surface area contributed by atoms with Crippen LogP contribution < -0.4 is 5.32 Å². The lowest BCUT2D eigenvalue weighted by Crippen LogP contribution is -2.29. The van der Waals surface area contributed by atoms with Gasteiger partial charge in [0.05, 0.1) is 5.02 Å². The minimum absolute atomic E-state index is 0.198. The first-order chi connectivity index (χ1) is 8.27. The molecular weight excluding hydrogens is 239 g/mol. The lowest BCUT2D eigenvalue weighted by atomic mass is 10.2. The van der Waals surface area contributed by atoms with Crippen LogP contribution in [0.15, 0.2) is 18.2 Å². The van der Waals surface area contributed by atoms with E-state index in [9.17, 15) is 4.39 Å². The monoisotopic (exact) mass is 256 g/mol. The minimum Gasteiger partial charge on any atom is -0.311 e. The quantitative estimate of drug-likeness (QED) is 0.815. The molecule has 1 aliphatic heterocycles. The zero-order chi connectivity index (χ0) is 12.1. The largest absolute Gasteiger partial charge is 0.311 e. The molecule has 0 bridgehead atoms. The van der Waals surface area contributed by atoms with E-state index in [-0.39, 0.29) is 10.8 Å². The van der Waals surface area contributed by atoms with E-state index >= 15 is 0 Å². The highest BCUT2D eigenvalue weighted by Crippen LogP contribution is 2.17. The summed E-state index contributed by atoms with van der Waals surface area (Å²) in [5.41, 5.74) is 0.638. The van der Waals surface area contributed by atoms with E-state index in [0.717, 1.165) is 13.1 Å². The maximum atomic E-state index is 13.5. The van der Waals surface area contributed by atoms with E-state index < -0.39 is 0 Å². The highest BCUT2D eigenvalue weighted by Gasteiger charge is 2.10. The van der Waals surface area contributed by atoms with Gasteiger partial charge >= 0.3 is 0 Å². The maximum Gasteiger partial charge on any atom is 0.146 e. The number of hydrogen-bond donors (Lipinski definition) is 1. The summed E-state index contributed by atoms with van der Waals surface area (Å²) in [6.07, 6.45) is 2.62. The van der Waals surface area contributed by atoms with Crippen molar-refractivity contribution in [2.75, 3.05) is 26.2 Å². The number of halogens is 2. The Morgan fingerprint density at radius 2 is 2.06 bits per heavy atom. The number of nitrogens with zero attached hydrogens (tertiary/aromatic N) is 1. The second-order valence-electron chi connectivity index (χ2n) is 4.44. The van der Waals surface area contributed by atoms with Crippen LogP contribution in [0.1, 0.15) is 18.4 Å². The van der Waals surface area contributed by atoms with E-state index in [1.54, 1.807) is 18.2 Å². The fourth-order valence-corrected chi connectivity index (χ4v) is 2.35. The van der Waals surface area contributed by atoms with Crippen LogP contribution in [0.5, 0.6) is 0 Å². The molecule has 1 aromatic rings. The molecule has 4 heteroatoms. The van der Waals surface area contributed by atoms with Gasteiger partial charge < -0.3 is 10.2 Å². The van der Waals surface area contributed by atoms with Crippen LogP contribution in [0.3, 0.4) is 0 Å². The molecule has 1 fully saturated rings. The van der Waals surface area contributed by atoms with E-state index in [4.69, 9.17) is 11.6 Å². The fraction of sp³-hybridized carbons (Fsp3) is 0.538. The van der Waals surface area contributed by atoms with E-state index in [0.29, 0.717) is 12.1 Å². The highest BCUT2D eigenvalue weighted by molar-refractivity contribution is 6.30. The van der Waals surface area contributed by atoms with Crippen molar-refractivity contribution < 1.29 is 4.39 Å². The van der Waals surface area contributed by atoms with Crippen molar-refractivity contribution in [1.29, 1.82) is 0 Å². The molecule has 1 heterocycles. The van der Waals surface area contributed by atoms with Gasteiger partial charge in [-0.15, -0.1) is 0 Å². The zero-order valence-corrected chi connectivity index (χ0v) is 10.6. The molecule has 17 heavy (non-hydrogen) atoms. The summed E-state index contributed by atoms with van der Waals surface area (Å²) in [4.78, 5) is 2.43. The van der Waals surface area contributed by atoms with Crippen LogP contribution in [-0.4, -0.2) is 31.1 Å². The van der Waals surface area contributed by atoms with Gasteiger partial charge in [-0.05, 0) is 32.0 Å². The molecule has 0 aliphatic carbocycles. The Labute approximate surface area is 107 Å². The normalized spacial score (nSPS) is 16.6. The van der Waals surface area contributed by atoms with Gasteiger partial charge in [0.15, 0.2) is 0 Å². The molecule has 0 aromatic heterocycles. The van der Waals surface area contributed by atoms with E-state index in [1.165, 1.54) is 25.9 Å². The van der Waals surface area contributed by atoms with Crippen LogP contribution >= 0.6 is 11.6 Å². The first-order valence-corrected chi connectivity index (χ1v) is 6.51. The second kappa shape index (κ2) is 6.34. The molecule has 1 saturated heterocycles. The number of nitrogens with one attached hydrogen (secondary N) is 1. The van der Waals surface area contributed by atoms with Crippen molar-refractivity contribution in [3.63, 3.8) is 0 Å². The lowest BCUT2D eigenvalue weighted by Gasteiger charge is -2.14. The average Bonchev–Trinajstić information content (AvgIpc) is 2.83. The summed E-state index contributed by atoms with van der Waals surface area (Å²) in [7, 11) is 0. The minimum atomic E-state index is -0.303. The summed E-state index contributed by atoms with van der Waals surface area (Å²) in [5.74, 6) is -0.303. The first-order valence-electron chi connectivity index (χ1n) is 6.13. The van der Waals surface area contributed by atoms with Gasteiger partial charge in [-0.2, -0.15) is 0 Å². The molecule has 2 nitrogen and oxygen atoms in total. The Morgan fingerprint density at radius 3 is 2.82 bits per heavy atom. The van der Waals surface area contributed by atoms with Gasteiger partial charge in [-0.3, -0.25) is 0 Å². The van der Waals surface area contributed by atoms with Crippen LogP contribution in [0.2, 0.25) is 5.02 Å². The third-order valence-electron chi connectivity index (χ3n) is 3.15. The predicted octanol–water partition coefficient (Wildman–Crippen LogP) is 2.66. The standard InChI is InChI=1S/C13H18ClFN2/c14-12-5-3-4-11(13(12)15)10-16-6-9-17-7-1-2-8-17/h3-5,16H,1-2,6-10H2. The number of likely N-dealkylation sites (tertiary alicyclic amines) is 1. The number of rotatable bonds is 5. The number of hydrogen-bond acceptors (Lipinski definition) is 2. The van der Waals surface area contributed by atoms with E-state index in [1.807, 2.05) is 0 Å². The second-order valence-corrected chi connectivity index (χ2v) is 4.85. The predicted molar refractivity (Wildman–Crippen MR) is 68.8 cm³/mol. The molecule has 94 valence electrons. The number of benzene rings is 1. The van der Waals surface area contributed by atoms with Crippen molar-refractivity contribution in [3.05, 3.63) is 34.6 Å². The van der Waals surface area contributed by atoms with Crippen molar-refractivity contribution >= 4 is 11.6 Å². The molecule has 0 saturated carbocycles. The fourth-order valence-electron chi connectivity index (χ4n) is 2.15. The topological polar surface area (TPSA) is 15.3 Å². The summed E-state index contributed by atoms with van der Waals surface area (Å²) in [5, 5.41) is 3.45. The average molecular weight is 257 g/mol. The van der Waals surface area contributed by atoms with Crippen LogP contribution in [0, 0.1) is 5.82 Å². The molecule has 0 atom stereocenters. The molecule has 1 aliphatic rings. The maximum absolute atomic E-state index is 13.5. The highest BCUT2D eigenvalue weighted by atomic mass is 35.5. The molecule has 1 aromatic carbocycles. The van der Waals surface area contributed by atoms with Gasteiger partial charge in [0.25, 0.3) is 0 Å². The Balaban J connectivity index is 1.72. The Bertz CT molecular complexity index is 364. The molecular formula is C13H18ClFN2. The summed E-state index contributed by atoms with van der Waals surface area (Å²) in [6.45, 7) is 4.88. The van der Waals surface area contributed by atoms with Crippen molar-refractivity contribution in [2.24, 2.45) is 0 Å². The Kier molecular flexibility index (Phi) is 4.77. The van der Waals surface area contributed by atoms with Crippen LogP contribution in [-0.2, 0) is 6.54 Å². The molecule has 2 rings (SSSR count). The van der Waals surface area contributed by atoms with Crippen molar-refractivity contribution in [3.8, 4) is 0 Å². The molecule has 0 radical (unpaired) electrons. The first kappa shape index (κ1) is 12.8. The zero-order valence-electron chi connectivity index (χ0n) is 9.88. The SMILES string of the molecule is Fc1c(Cl)cccc1CNCCN1CCCC1. The van der Waals surface area contributed by atoms with Gasteiger partial charge in [0, 0.05) is 25.2 Å². The van der Waals surface area contributed by atoms with Gasteiger partial charge in [-0.25, -0.2) is 4.39 Å². The van der Waals surface area contributed by atoms with Gasteiger partial charge in [-0.1, -0.05) is 23.7 Å². The molecule has 0 amide bonds. The van der Waals surface area contributed by atoms with Gasteiger partial charge in [0.2, 0.25) is 0 Å². The summed E-state index contributed by atoms with van der Waals surface area (Å²) < 4.78 is 13.5. The van der Waals surface area contributed by atoms with E-state index in [2.05, 4.69) is 10.2 Å². The molecule has 0 spiro atoms. The lowest BCUT2D eigenvalue weighted by molar-refractivity contribution is 0.335. The van der Waals surface area contributed by atoms with Crippen LogP contribution in [0.25, 0.3) is 0 Å². The van der Waals surface area contributed by atoms with Crippen molar-refractivity contribution in [2.45, 2.75) is 19.4 Å². The summed E-state index contributed by atoms with van der Waals surface area (Å²) >= 11 is 5.72. The molecule has 1 N–H and O–H groups in total. The van der Waals surface area contributed by atoms with Gasteiger partial charge in [0.1, 0.15) is 5.82 Å². The summed E-state index contributed by atoms with van der Waals surface area (Å²) in [6, 6.07) is 5.12. The Morgan fingerprint density at radius 1 is 1.29 bits per heavy atom. The Hall–Kier alpha value is -0.640. The third kappa shape index (κ3) is 3.66. The van der Waals surface area contributed by atoms with Crippen LogP contribution in [0.4, 0.5) is 4.39 Å².